The summed E-state index contributed by atoms with van der Waals surface area (Å²) < 4.78 is 17.2. The second kappa shape index (κ2) is 17.5. The highest BCUT2D eigenvalue weighted by Gasteiger charge is 2.30. The number of anilines is 2. The molecule has 0 bridgehead atoms. The van der Waals surface area contributed by atoms with Crippen molar-refractivity contribution in [3.8, 4) is 6.07 Å². The quantitative estimate of drug-likeness (QED) is 0.159. The molecule has 0 aliphatic carbocycles. The van der Waals surface area contributed by atoms with Gasteiger partial charge < -0.3 is 34.3 Å². The molecule has 234 valence electrons. The summed E-state index contributed by atoms with van der Waals surface area (Å²) in [7, 11) is 0. The molecule has 0 radical (unpaired) electrons. The zero-order valence-electron chi connectivity index (χ0n) is 25.6. The van der Waals surface area contributed by atoms with E-state index in [2.05, 4.69) is 23.3 Å². The molecule has 0 unspecified atom stereocenters. The number of nitrogens with zero attached hydrogens (tertiary/aromatic N) is 3. The third-order valence-electron chi connectivity index (χ3n) is 6.85. The van der Waals surface area contributed by atoms with Crippen LogP contribution in [0.25, 0.3) is 10.9 Å². The van der Waals surface area contributed by atoms with E-state index in [0.29, 0.717) is 70.5 Å². The lowest BCUT2D eigenvalue weighted by Gasteiger charge is -2.39. The largest absolute Gasteiger partial charge is 0.462 e. The van der Waals surface area contributed by atoms with Gasteiger partial charge in [-0.2, -0.15) is 5.26 Å². The van der Waals surface area contributed by atoms with E-state index in [1.165, 1.54) is 6.08 Å². The molecule has 1 aromatic heterocycles. The van der Waals surface area contributed by atoms with Crippen LogP contribution in [0.5, 0.6) is 0 Å². The summed E-state index contributed by atoms with van der Waals surface area (Å²) in [6.07, 6.45) is 1.28. The molecule has 2 aromatic carbocycles. The number of carbonyl (C=O) groups excluding carboxylic acids is 2. The van der Waals surface area contributed by atoms with Gasteiger partial charge in [-0.25, -0.2) is 4.79 Å². The summed E-state index contributed by atoms with van der Waals surface area (Å²) in [5.41, 5.74) is 2.37. The maximum absolute atomic E-state index is 12.9. The number of benzene rings is 2. The highest BCUT2D eigenvalue weighted by molar-refractivity contribution is 5.96. The minimum atomic E-state index is -0.336. The van der Waals surface area contributed by atoms with Crippen LogP contribution < -0.4 is 16.2 Å². The van der Waals surface area contributed by atoms with E-state index >= 15 is 0 Å². The number of fused-ring (bicyclic) bond motifs is 1. The predicted molar refractivity (Wildman–Crippen MR) is 171 cm³/mol. The van der Waals surface area contributed by atoms with E-state index in [1.807, 2.05) is 56.3 Å². The summed E-state index contributed by atoms with van der Waals surface area (Å²) in [6, 6.07) is 16.8. The molecule has 2 heterocycles. The molecule has 0 spiro atoms. The van der Waals surface area contributed by atoms with Crippen molar-refractivity contribution in [2.24, 2.45) is 0 Å². The number of hydrogen-bond donors (Lipinski definition) is 2. The molecule has 1 aliphatic rings. The third kappa shape index (κ3) is 8.69. The van der Waals surface area contributed by atoms with Crippen molar-refractivity contribution in [2.75, 3.05) is 63.3 Å². The summed E-state index contributed by atoms with van der Waals surface area (Å²) in [5, 5.41) is 16.9. The molecule has 4 rings (SSSR count). The lowest BCUT2D eigenvalue weighted by Crippen LogP contribution is -2.56. The van der Waals surface area contributed by atoms with Crippen molar-refractivity contribution >= 4 is 34.2 Å². The average molecular weight is 604 g/mol. The molecule has 0 atom stereocenters. The Kier molecular flexibility index (Phi) is 13.4. The molecular formula is C33H41N5O6. The summed E-state index contributed by atoms with van der Waals surface area (Å²) >= 11 is 0. The predicted octanol–water partition coefficient (Wildman–Crippen LogP) is 4.03. The monoisotopic (exact) mass is 603 g/mol. The van der Waals surface area contributed by atoms with E-state index in [4.69, 9.17) is 14.2 Å². The molecular weight excluding hydrogens is 562 g/mol. The molecule has 2 N–H and O–H groups in total. The molecule has 44 heavy (non-hydrogen) atoms. The number of carbonyl (C=O) groups is 2. The van der Waals surface area contributed by atoms with E-state index in [9.17, 15) is 19.6 Å². The number of pyridine rings is 1. The molecule has 1 aliphatic heterocycles. The van der Waals surface area contributed by atoms with Gasteiger partial charge in [0, 0.05) is 50.5 Å². The number of likely N-dealkylation sites (tertiary alicyclic amines) is 1. The normalized spacial score (nSPS) is 12.4. The Balaban J connectivity index is 0.000000269. The maximum Gasteiger partial charge on any atom is 0.340 e. The van der Waals surface area contributed by atoms with Gasteiger partial charge in [0.05, 0.1) is 42.6 Å². The van der Waals surface area contributed by atoms with Crippen LogP contribution >= 0.6 is 0 Å². The van der Waals surface area contributed by atoms with Crippen LogP contribution in [0.2, 0.25) is 0 Å². The molecule has 1 saturated heterocycles. The van der Waals surface area contributed by atoms with E-state index in [1.54, 1.807) is 22.5 Å². The first-order valence-electron chi connectivity index (χ1n) is 14.8. The fraction of sp³-hybridized carbons (Fsp3) is 0.394. The van der Waals surface area contributed by atoms with E-state index in [0.717, 1.165) is 16.6 Å². The Morgan fingerprint density at radius 3 is 2.39 bits per heavy atom. The fourth-order valence-electron chi connectivity index (χ4n) is 4.69. The first kappa shape index (κ1) is 33.8. The van der Waals surface area contributed by atoms with Crippen molar-refractivity contribution in [3.63, 3.8) is 0 Å². The van der Waals surface area contributed by atoms with Gasteiger partial charge in [0.2, 0.25) is 5.91 Å². The van der Waals surface area contributed by atoms with Crippen molar-refractivity contribution in [1.82, 2.24) is 9.47 Å². The SMILES string of the molecule is C=CC(=O)N1CC(Nc2c(C#N)c(=O)n(CCOCC)c3ccccc23)C1.CCOCCNc1ccccc1C(=O)OCC. The number of nitrogens with one attached hydrogen (secondary N) is 2. The summed E-state index contributed by atoms with van der Waals surface area (Å²) in [6.45, 7) is 13.9. The van der Waals surface area contributed by atoms with Crippen molar-refractivity contribution in [2.45, 2.75) is 33.4 Å². The van der Waals surface area contributed by atoms with Crippen LogP contribution in [-0.2, 0) is 25.5 Å². The number of aromatic nitrogens is 1. The van der Waals surface area contributed by atoms with Crippen molar-refractivity contribution < 1.29 is 23.8 Å². The zero-order chi connectivity index (χ0) is 31.9. The second-order valence-electron chi connectivity index (χ2n) is 9.71. The molecule has 3 aromatic rings. The first-order valence-corrected chi connectivity index (χ1v) is 14.8. The van der Waals surface area contributed by atoms with Crippen LogP contribution in [0, 0.1) is 11.3 Å². The van der Waals surface area contributed by atoms with Gasteiger partial charge in [0.15, 0.2) is 0 Å². The summed E-state index contributed by atoms with van der Waals surface area (Å²) in [5.74, 6) is -0.420. The maximum atomic E-state index is 12.9. The fourth-order valence-corrected chi connectivity index (χ4v) is 4.69. The molecule has 1 fully saturated rings. The Morgan fingerprint density at radius 2 is 1.70 bits per heavy atom. The van der Waals surface area contributed by atoms with Crippen molar-refractivity contribution in [3.05, 3.63) is 82.7 Å². The minimum absolute atomic E-state index is 0.0110. The number of esters is 1. The highest BCUT2D eigenvalue weighted by atomic mass is 16.5. The highest BCUT2D eigenvalue weighted by Crippen LogP contribution is 2.27. The van der Waals surface area contributed by atoms with Crippen LogP contribution in [0.1, 0.15) is 36.7 Å². The Labute approximate surface area is 258 Å². The lowest BCUT2D eigenvalue weighted by molar-refractivity contribution is -0.129. The molecule has 1 amide bonds. The topological polar surface area (TPSA) is 135 Å². The van der Waals surface area contributed by atoms with Crippen LogP contribution in [0.3, 0.4) is 0 Å². The van der Waals surface area contributed by atoms with Gasteiger partial charge >= 0.3 is 5.97 Å². The van der Waals surface area contributed by atoms with Crippen LogP contribution in [-0.4, -0.2) is 80.1 Å². The summed E-state index contributed by atoms with van der Waals surface area (Å²) in [4.78, 5) is 37.8. The average Bonchev–Trinajstić information content (AvgIpc) is 3.02. The van der Waals surface area contributed by atoms with Gasteiger partial charge in [-0.05, 0) is 45.0 Å². The van der Waals surface area contributed by atoms with Gasteiger partial charge in [-0.1, -0.05) is 36.9 Å². The van der Waals surface area contributed by atoms with E-state index in [-0.39, 0.29) is 29.0 Å². The lowest BCUT2D eigenvalue weighted by atomic mass is 10.0. The van der Waals surface area contributed by atoms with E-state index < -0.39 is 0 Å². The third-order valence-corrected chi connectivity index (χ3v) is 6.85. The number of amides is 1. The van der Waals surface area contributed by atoms with Gasteiger partial charge in [-0.15, -0.1) is 0 Å². The second-order valence-corrected chi connectivity index (χ2v) is 9.71. The Morgan fingerprint density at radius 1 is 1.02 bits per heavy atom. The number of hydrogen-bond acceptors (Lipinski definition) is 9. The number of rotatable bonds is 14. The Hall–Kier alpha value is -4.66. The number of para-hydroxylation sites is 2. The first-order chi connectivity index (χ1) is 21.4. The van der Waals surface area contributed by atoms with Gasteiger partial charge in [0.1, 0.15) is 11.6 Å². The number of nitriles is 1. The molecule has 11 nitrogen and oxygen atoms in total. The molecule has 11 heteroatoms. The Bertz CT molecular complexity index is 1520. The molecule has 0 saturated carbocycles. The zero-order valence-corrected chi connectivity index (χ0v) is 25.6. The standard InChI is InChI=1S/C20H22N4O3.C13H19NO3/c1-3-18(25)23-12-14(13-23)22-19-15-7-5-6-8-17(15)24(9-10-27-4-2)20(26)16(19)11-21;1-3-16-10-9-14-12-8-6-5-7-11(12)13(15)17-4-2/h3,5-8,14,22H,1,4,9-10,12-13H2,2H3;5-8,14H,3-4,9-10H2,1-2H3. The van der Waals surface area contributed by atoms with Gasteiger partial charge in [-0.3, -0.25) is 9.59 Å². The minimum Gasteiger partial charge on any atom is -0.462 e. The van der Waals surface area contributed by atoms with Crippen molar-refractivity contribution in [1.29, 1.82) is 5.26 Å². The van der Waals surface area contributed by atoms with Gasteiger partial charge in [0.25, 0.3) is 5.56 Å². The van der Waals surface area contributed by atoms with Crippen LogP contribution in [0.4, 0.5) is 11.4 Å². The number of ether oxygens (including phenoxy) is 3. The smallest absolute Gasteiger partial charge is 0.340 e. The van der Waals surface area contributed by atoms with Crippen LogP contribution in [0.15, 0.2) is 66.0 Å².